The van der Waals surface area contributed by atoms with E-state index in [4.69, 9.17) is 0 Å². The molecular weight excluding hydrogens is 240 g/mol. The summed E-state index contributed by atoms with van der Waals surface area (Å²) in [6.45, 7) is 8.00. The van der Waals surface area contributed by atoms with Crippen molar-refractivity contribution in [2.45, 2.75) is 38.8 Å². The Morgan fingerprint density at radius 3 is 2.00 bits per heavy atom. The van der Waals surface area contributed by atoms with E-state index in [1.807, 2.05) is 0 Å². The maximum atomic E-state index is 11.3. The van der Waals surface area contributed by atoms with E-state index in [-0.39, 0.29) is 23.7 Å². The predicted molar refractivity (Wildman–Crippen MR) is 76.3 cm³/mol. The molecule has 2 unspecified atom stereocenters. The second-order valence-corrected chi connectivity index (χ2v) is 4.29. The molecule has 16 heavy (non-hydrogen) atoms. The van der Waals surface area contributed by atoms with Gasteiger partial charge in [-0.05, 0) is 12.8 Å². The minimum Gasteiger partial charge on any atom is -0.383 e. The predicted octanol–water partition coefficient (Wildman–Crippen LogP) is 1.62. The number of carbonyl (C=O) groups is 1. The normalized spacial score (nSPS) is 14.0. The molecule has 0 aliphatic rings. The standard InChI is InChI=1S/C11H22N2OS2/c1-4-9(12-8(3)6-15)10(5-2)13-11(14)7-16/h9-10,12,15-16H,3-7H2,1-2H3,(H,13,14). The van der Waals surface area contributed by atoms with E-state index < -0.39 is 0 Å². The van der Waals surface area contributed by atoms with Crippen molar-refractivity contribution < 1.29 is 4.79 Å². The largest absolute Gasteiger partial charge is 0.383 e. The lowest BCUT2D eigenvalue weighted by Crippen LogP contribution is -2.49. The summed E-state index contributed by atoms with van der Waals surface area (Å²) in [7, 11) is 0. The number of hydrogen-bond donors (Lipinski definition) is 4. The number of amides is 1. The Bertz CT molecular complexity index is 210. The van der Waals surface area contributed by atoms with Crippen molar-refractivity contribution in [3.05, 3.63) is 12.3 Å². The van der Waals surface area contributed by atoms with Crippen molar-refractivity contribution in [1.82, 2.24) is 10.6 Å². The summed E-state index contributed by atoms with van der Waals surface area (Å²) in [5.41, 5.74) is 0.883. The lowest BCUT2D eigenvalue weighted by atomic mass is 10.0. The maximum absolute atomic E-state index is 11.3. The Labute approximate surface area is 109 Å². The van der Waals surface area contributed by atoms with Gasteiger partial charge >= 0.3 is 0 Å². The molecule has 0 heterocycles. The van der Waals surface area contributed by atoms with Gasteiger partial charge in [0, 0.05) is 23.5 Å². The first-order chi connectivity index (χ1) is 7.58. The van der Waals surface area contributed by atoms with Crippen LogP contribution in [0.2, 0.25) is 0 Å². The third-order valence-corrected chi connectivity index (χ3v) is 3.10. The van der Waals surface area contributed by atoms with Gasteiger partial charge in [0.05, 0.1) is 5.75 Å². The van der Waals surface area contributed by atoms with E-state index in [0.717, 1.165) is 18.5 Å². The summed E-state index contributed by atoms with van der Waals surface area (Å²) in [6.07, 6.45) is 1.81. The van der Waals surface area contributed by atoms with Gasteiger partial charge in [0.2, 0.25) is 5.91 Å². The van der Waals surface area contributed by atoms with E-state index >= 15 is 0 Å². The van der Waals surface area contributed by atoms with Gasteiger partial charge in [0.15, 0.2) is 0 Å². The maximum Gasteiger partial charge on any atom is 0.230 e. The lowest BCUT2D eigenvalue weighted by Gasteiger charge is -2.28. The summed E-state index contributed by atoms with van der Waals surface area (Å²) in [5, 5.41) is 6.24. The third kappa shape index (κ3) is 5.70. The minimum atomic E-state index is -0.0353. The van der Waals surface area contributed by atoms with Crippen LogP contribution in [0.15, 0.2) is 12.3 Å². The molecule has 0 fully saturated rings. The van der Waals surface area contributed by atoms with Crippen molar-refractivity contribution in [1.29, 1.82) is 0 Å². The van der Waals surface area contributed by atoms with Gasteiger partial charge in [-0.15, -0.1) is 0 Å². The summed E-state index contributed by atoms with van der Waals surface area (Å²) in [5.74, 6) is 0.792. The van der Waals surface area contributed by atoms with Crippen LogP contribution in [0.1, 0.15) is 26.7 Å². The van der Waals surface area contributed by atoms with E-state index in [0.29, 0.717) is 5.75 Å². The molecule has 0 aliphatic heterocycles. The van der Waals surface area contributed by atoms with Crippen LogP contribution in [0.5, 0.6) is 0 Å². The van der Waals surface area contributed by atoms with Crippen molar-refractivity contribution in [3.63, 3.8) is 0 Å². The quantitative estimate of drug-likeness (QED) is 0.502. The summed E-state index contributed by atoms with van der Waals surface area (Å²) < 4.78 is 0. The summed E-state index contributed by atoms with van der Waals surface area (Å²) >= 11 is 8.11. The Kier molecular flexibility index (Phi) is 8.66. The average Bonchev–Trinajstić information content (AvgIpc) is 2.32. The molecular formula is C11H22N2OS2. The fourth-order valence-corrected chi connectivity index (χ4v) is 1.72. The van der Waals surface area contributed by atoms with Gasteiger partial charge < -0.3 is 10.6 Å². The Balaban J connectivity index is 4.37. The second-order valence-electron chi connectivity index (χ2n) is 3.66. The Morgan fingerprint density at radius 2 is 1.62 bits per heavy atom. The molecule has 0 aromatic rings. The molecule has 2 N–H and O–H groups in total. The molecule has 94 valence electrons. The first-order valence-electron chi connectivity index (χ1n) is 5.54. The van der Waals surface area contributed by atoms with Crippen molar-refractivity contribution in [3.8, 4) is 0 Å². The van der Waals surface area contributed by atoms with E-state index in [1.165, 1.54) is 0 Å². The molecule has 0 spiro atoms. The number of thiol groups is 2. The van der Waals surface area contributed by atoms with Crippen LogP contribution in [0, 0.1) is 0 Å². The fraction of sp³-hybridized carbons (Fsp3) is 0.727. The highest BCUT2D eigenvalue weighted by Gasteiger charge is 2.19. The average molecular weight is 262 g/mol. The zero-order valence-electron chi connectivity index (χ0n) is 9.99. The van der Waals surface area contributed by atoms with Gasteiger partial charge in [-0.2, -0.15) is 25.3 Å². The molecule has 3 nitrogen and oxygen atoms in total. The number of rotatable bonds is 8. The Hall–Kier alpha value is -0.290. The number of nitrogens with one attached hydrogen (secondary N) is 2. The van der Waals surface area contributed by atoms with Crippen molar-refractivity contribution in [2.75, 3.05) is 11.5 Å². The van der Waals surface area contributed by atoms with Crippen LogP contribution in [0.3, 0.4) is 0 Å². The van der Waals surface area contributed by atoms with Gasteiger partial charge in [-0.1, -0.05) is 20.4 Å². The lowest BCUT2D eigenvalue weighted by molar-refractivity contribution is -0.119. The zero-order valence-corrected chi connectivity index (χ0v) is 11.8. The molecule has 0 rings (SSSR count). The van der Waals surface area contributed by atoms with Crippen molar-refractivity contribution in [2.24, 2.45) is 0 Å². The summed E-state index contributed by atoms with van der Waals surface area (Å²) in [6, 6.07) is 0.315. The van der Waals surface area contributed by atoms with Crippen LogP contribution in [0.25, 0.3) is 0 Å². The molecule has 0 aromatic heterocycles. The molecule has 0 radical (unpaired) electrons. The van der Waals surface area contributed by atoms with E-state index in [1.54, 1.807) is 0 Å². The van der Waals surface area contributed by atoms with E-state index in [2.05, 4.69) is 56.3 Å². The molecule has 0 saturated heterocycles. The topological polar surface area (TPSA) is 41.1 Å². The Morgan fingerprint density at radius 1 is 1.12 bits per heavy atom. The smallest absolute Gasteiger partial charge is 0.230 e. The molecule has 0 saturated carbocycles. The minimum absolute atomic E-state index is 0.0353. The number of carbonyl (C=O) groups excluding carboxylic acids is 1. The van der Waals surface area contributed by atoms with Gasteiger partial charge in [-0.3, -0.25) is 4.79 Å². The highest BCUT2D eigenvalue weighted by Crippen LogP contribution is 2.06. The van der Waals surface area contributed by atoms with Crippen LogP contribution in [-0.4, -0.2) is 29.5 Å². The third-order valence-electron chi connectivity index (χ3n) is 2.44. The zero-order chi connectivity index (χ0) is 12.6. The van der Waals surface area contributed by atoms with Crippen LogP contribution < -0.4 is 10.6 Å². The molecule has 0 aromatic carbocycles. The molecule has 2 atom stereocenters. The monoisotopic (exact) mass is 262 g/mol. The number of hydrogen-bond acceptors (Lipinski definition) is 4. The fourth-order valence-electron chi connectivity index (χ4n) is 1.53. The van der Waals surface area contributed by atoms with E-state index in [9.17, 15) is 4.79 Å². The molecule has 5 heteroatoms. The first kappa shape index (κ1) is 15.7. The first-order valence-corrected chi connectivity index (χ1v) is 6.80. The van der Waals surface area contributed by atoms with Crippen molar-refractivity contribution >= 4 is 31.2 Å². The van der Waals surface area contributed by atoms with Gasteiger partial charge in [0.25, 0.3) is 0 Å². The van der Waals surface area contributed by atoms with Crippen LogP contribution in [0.4, 0.5) is 0 Å². The van der Waals surface area contributed by atoms with Crippen LogP contribution >= 0.6 is 25.3 Å². The highest BCUT2D eigenvalue weighted by atomic mass is 32.1. The summed E-state index contributed by atoms with van der Waals surface area (Å²) in [4.78, 5) is 11.3. The van der Waals surface area contributed by atoms with Gasteiger partial charge in [0.1, 0.15) is 0 Å². The SMILES string of the molecule is C=C(CS)NC(CC)C(CC)NC(=O)CS. The van der Waals surface area contributed by atoms with Crippen LogP contribution in [-0.2, 0) is 4.79 Å². The van der Waals surface area contributed by atoms with Gasteiger partial charge in [-0.25, -0.2) is 0 Å². The highest BCUT2D eigenvalue weighted by molar-refractivity contribution is 7.81. The molecule has 1 amide bonds. The second kappa shape index (κ2) is 8.82. The molecule has 0 bridgehead atoms. The molecule has 0 aliphatic carbocycles.